The highest BCUT2D eigenvalue weighted by molar-refractivity contribution is 7.89. The molecule has 0 radical (unpaired) electrons. The van der Waals surface area contributed by atoms with Crippen LogP contribution in [0.15, 0.2) is 23.1 Å². The van der Waals surface area contributed by atoms with Crippen molar-refractivity contribution in [1.82, 2.24) is 4.89 Å². The van der Waals surface area contributed by atoms with Crippen molar-refractivity contribution in [2.45, 2.75) is 4.90 Å². The second kappa shape index (κ2) is 4.79. The van der Waals surface area contributed by atoms with Gasteiger partial charge in [0.05, 0.1) is 22.6 Å². The maximum atomic E-state index is 11.4. The van der Waals surface area contributed by atoms with Gasteiger partial charge in [0.15, 0.2) is 0 Å². The molecule has 0 amide bonds. The highest BCUT2D eigenvalue weighted by atomic mass is 35.5. The molecule has 0 aliphatic heterocycles. The van der Waals surface area contributed by atoms with E-state index in [-0.39, 0.29) is 15.5 Å². The summed E-state index contributed by atoms with van der Waals surface area (Å²) in [5.41, 5.74) is -0.168. The number of carbonyl (C=O) groups is 1. The van der Waals surface area contributed by atoms with E-state index in [1.54, 1.807) is 4.89 Å². The highest BCUT2D eigenvalue weighted by Crippen LogP contribution is 2.20. The Bertz CT molecular complexity index is 513. The van der Waals surface area contributed by atoms with Crippen LogP contribution in [0.1, 0.15) is 10.4 Å². The van der Waals surface area contributed by atoms with Gasteiger partial charge in [0.2, 0.25) is 0 Å². The average molecular weight is 266 g/mol. The first-order valence-corrected chi connectivity index (χ1v) is 5.82. The zero-order valence-electron chi connectivity index (χ0n) is 8.10. The minimum absolute atomic E-state index is 0.161. The first kappa shape index (κ1) is 12.9. The van der Waals surface area contributed by atoms with Crippen molar-refractivity contribution in [2.24, 2.45) is 0 Å². The van der Waals surface area contributed by atoms with Crippen LogP contribution >= 0.6 is 11.6 Å². The third-order valence-electron chi connectivity index (χ3n) is 1.67. The van der Waals surface area contributed by atoms with E-state index in [9.17, 15) is 13.2 Å². The van der Waals surface area contributed by atoms with Gasteiger partial charge >= 0.3 is 5.97 Å². The Hall–Kier alpha value is -1.15. The number of aromatic carboxylic acids is 1. The smallest absolute Gasteiger partial charge is 0.337 e. The summed E-state index contributed by atoms with van der Waals surface area (Å²) in [6.45, 7) is 0. The van der Waals surface area contributed by atoms with Crippen molar-refractivity contribution in [1.29, 1.82) is 0 Å². The SMILES string of the molecule is CONS(=O)(=O)c1ccc(C(=O)O)c(Cl)c1. The van der Waals surface area contributed by atoms with Crippen LogP contribution in [0.2, 0.25) is 5.02 Å². The molecule has 0 heterocycles. The van der Waals surface area contributed by atoms with E-state index in [1.807, 2.05) is 0 Å². The Kier molecular flexibility index (Phi) is 3.87. The van der Waals surface area contributed by atoms with E-state index in [0.29, 0.717) is 0 Å². The summed E-state index contributed by atoms with van der Waals surface area (Å²) < 4.78 is 22.8. The van der Waals surface area contributed by atoms with Gasteiger partial charge in [0.1, 0.15) is 0 Å². The topological polar surface area (TPSA) is 92.7 Å². The first-order chi connectivity index (χ1) is 7.38. The minimum atomic E-state index is -3.82. The van der Waals surface area contributed by atoms with Gasteiger partial charge < -0.3 is 5.11 Å². The van der Waals surface area contributed by atoms with Gasteiger partial charge in [-0.15, -0.1) is 0 Å². The van der Waals surface area contributed by atoms with Crippen LogP contribution in [-0.2, 0) is 14.9 Å². The molecular formula is C8H8ClNO5S. The summed E-state index contributed by atoms with van der Waals surface area (Å²) in [4.78, 5) is 16.5. The lowest BCUT2D eigenvalue weighted by Crippen LogP contribution is -2.22. The van der Waals surface area contributed by atoms with Crippen LogP contribution in [0.3, 0.4) is 0 Å². The molecule has 0 aliphatic carbocycles. The van der Waals surface area contributed by atoms with Crippen molar-refractivity contribution in [3.8, 4) is 0 Å². The third-order valence-corrected chi connectivity index (χ3v) is 3.25. The molecule has 0 bridgehead atoms. The highest BCUT2D eigenvalue weighted by Gasteiger charge is 2.17. The van der Waals surface area contributed by atoms with Crippen molar-refractivity contribution in [3.63, 3.8) is 0 Å². The van der Waals surface area contributed by atoms with Gasteiger partial charge in [-0.25, -0.2) is 13.2 Å². The van der Waals surface area contributed by atoms with Crippen LogP contribution < -0.4 is 4.89 Å². The van der Waals surface area contributed by atoms with Crippen LogP contribution in [0.4, 0.5) is 0 Å². The molecule has 1 aromatic rings. The summed E-state index contributed by atoms with van der Waals surface area (Å²) in [7, 11) is -2.68. The van der Waals surface area contributed by atoms with Gasteiger partial charge in [-0.3, -0.25) is 4.84 Å². The number of benzene rings is 1. The van der Waals surface area contributed by atoms with Crippen LogP contribution in [-0.4, -0.2) is 26.6 Å². The zero-order valence-corrected chi connectivity index (χ0v) is 9.67. The Morgan fingerprint density at radius 2 is 2.12 bits per heavy atom. The maximum Gasteiger partial charge on any atom is 0.337 e. The van der Waals surface area contributed by atoms with E-state index >= 15 is 0 Å². The Morgan fingerprint density at radius 3 is 2.56 bits per heavy atom. The van der Waals surface area contributed by atoms with E-state index in [0.717, 1.165) is 25.3 Å². The van der Waals surface area contributed by atoms with E-state index in [1.165, 1.54) is 0 Å². The van der Waals surface area contributed by atoms with Gasteiger partial charge in [-0.1, -0.05) is 16.5 Å². The molecule has 1 rings (SSSR count). The maximum absolute atomic E-state index is 11.4. The number of sulfonamides is 1. The second-order valence-corrected chi connectivity index (χ2v) is 4.79. The van der Waals surface area contributed by atoms with E-state index in [2.05, 4.69) is 4.84 Å². The number of hydrogen-bond donors (Lipinski definition) is 2. The number of halogens is 1. The molecule has 0 aliphatic rings. The normalized spacial score (nSPS) is 11.4. The number of rotatable bonds is 4. The third kappa shape index (κ3) is 2.70. The Balaban J connectivity index is 3.21. The first-order valence-electron chi connectivity index (χ1n) is 3.96. The molecule has 0 fully saturated rings. The standard InChI is InChI=1S/C8H8ClNO5S/c1-15-10-16(13,14)5-2-3-6(8(11)12)7(9)4-5/h2-4,10H,1H3,(H,11,12). The Morgan fingerprint density at radius 1 is 1.50 bits per heavy atom. The molecule has 1 aromatic carbocycles. The van der Waals surface area contributed by atoms with E-state index in [4.69, 9.17) is 16.7 Å². The molecule has 0 atom stereocenters. The largest absolute Gasteiger partial charge is 0.478 e. The van der Waals surface area contributed by atoms with Gasteiger partial charge in [-0.05, 0) is 18.2 Å². The fraction of sp³-hybridized carbons (Fsp3) is 0.125. The van der Waals surface area contributed by atoms with Gasteiger partial charge in [0.25, 0.3) is 10.0 Å². The van der Waals surface area contributed by atoms with Crippen molar-refractivity contribution in [3.05, 3.63) is 28.8 Å². The monoisotopic (exact) mass is 265 g/mol. The second-order valence-electron chi connectivity index (χ2n) is 2.74. The quantitative estimate of drug-likeness (QED) is 0.788. The minimum Gasteiger partial charge on any atom is -0.478 e. The van der Waals surface area contributed by atoms with Crippen molar-refractivity contribution < 1.29 is 23.2 Å². The lowest BCUT2D eigenvalue weighted by atomic mass is 10.2. The van der Waals surface area contributed by atoms with Crippen LogP contribution in [0, 0.1) is 0 Å². The fourth-order valence-corrected chi connectivity index (χ4v) is 2.16. The summed E-state index contributed by atoms with van der Waals surface area (Å²) in [5, 5.41) is 8.53. The van der Waals surface area contributed by atoms with Crippen LogP contribution in [0.25, 0.3) is 0 Å². The zero-order chi connectivity index (χ0) is 12.3. The molecule has 8 heteroatoms. The number of carboxylic acid groups (broad SMARTS) is 1. The molecule has 0 saturated carbocycles. The molecule has 0 aromatic heterocycles. The average Bonchev–Trinajstić information content (AvgIpc) is 2.16. The van der Waals surface area contributed by atoms with Crippen molar-refractivity contribution >= 4 is 27.6 Å². The molecule has 16 heavy (non-hydrogen) atoms. The Labute approximate surface area is 96.8 Å². The summed E-state index contributed by atoms with van der Waals surface area (Å²) in [5.74, 6) is -1.23. The lowest BCUT2D eigenvalue weighted by Gasteiger charge is -2.05. The summed E-state index contributed by atoms with van der Waals surface area (Å²) >= 11 is 5.62. The molecule has 6 nitrogen and oxygen atoms in total. The summed E-state index contributed by atoms with van der Waals surface area (Å²) in [6, 6.07) is 3.26. The molecular weight excluding hydrogens is 258 g/mol. The number of nitrogens with one attached hydrogen (secondary N) is 1. The van der Waals surface area contributed by atoms with Gasteiger partial charge in [0, 0.05) is 0 Å². The predicted molar refractivity (Wildman–Crippen MR) is 55.7 cm³/mol. The summed E-state index contributed by atoms with van der Waals surface area (Å²) in [6.07, 6.45) is 0. The molecule has 0 spiro atoms. The van der Waals surface area contributed by atoms with Crippen LogP contribution in [0.5, 0.6) is 0 Å². The van der Waals surface area contributed by atoms with E-state index < -0.39 is 16.0 Å². The predicted octanol–water partition coefficient (Wildman–Crippen LogP) is 0.878. The molecule has 0 saturated heterocycles. The molecule has 2 N–H and O–H groups in total. The van der Waals surface area contributed by atoms with Gasteiger partial charge in [-0.2, -0.15) is 0 Å². The number of hydrogen-bond acceptors (Lipinski definition) is 4. The molecule has 88 valence electrons. The lowest BCUT2D eigenvalue weighted by molar-refractivity contribution is 0.0697. The van der Waals surface area contributed by atoms with Crippen molar-refractivity contribution in [2.75, 3.05) is 7.11 Å². The molecule has 0 unspecified atom stereocenters. The number of carboxylic acids is 1. The fourth-order valence-electron chi connectivity index (χ4n) is 0.994.